The summed E-state index contributed by atoms with van der Waals surface area (Å²) < 4.78 is 5.82. The molecule has 2 rings (SSSR count). The third-order valence-electron chi connectivity index (χ3n) is 2.75. The van der Waals surface area contributed by atoms with Crippen molar-refractivity contribution in [2.45, 2.75) is 19.4 Å². The number of hydrogen-bond donors (Lipinski definition) is 2. The van der Waals surface area contributed by atoms with Crippen molar-refractivity contribution in [3.8, 4) is 5.75 Å². The van der Waals surface area contributed by atoms with Gasteiger partial charge in [0.2, 0.25) is 0 Å². The number of fused-ring (bicyclic) bond motifs is 1. The molecular formula is C14H18N2OS. The number of thiocarbonyl (C=S) groups is 1. The highest BCUT2D eigenvalue weighted by Crippen LogP contribution is 2.27. The largest absolute Gasteiger partial charge is 0.488 e. The number of benzene rings is 1. The summed E-state index contributed by atoms with van der Waals surface area (Å²) in [6.07, 6.45) is 1.10. The molecule has 1 heterocycles. The minimum atomic E-state index is 0.159. The van der Waals surface area contributed by atoms with Crippen molar-refractivity contribution in [2.75, 3.05) is 13.1 Å². The van der Waals surface area contributed by atoms with Gasteiger partial charge in [0.25, 0.3) is 0 Å². The van der Waals surface area contributed by atoms with E-state index in [0.29, 0.717) is 11.7 Å². The van der Waals surface area contributed by atoms with Gasteiger partial charge in [0, 0.05) is 13.0 Å². The number of rotatable bonds is 4. The van der Waals surface area contributed by atoms with Crippen LogP contribution in [0, 0.1) is 0 Å². The fourth-order valence-electron chi connectivity index (χ4n) is 1.87. The molecule has 0 aromatic heterocycles. The van der Waals surface area contributed by atoms with Crippen molar-refractivity contribution in [1.82, 2.24) is 10.6 Å². The van der Waals surface area contributed by atoms with Crippen LogP contribution in [-0.2, 0) is 6.42 Å². The maximum atomic E-state index is 5.82. The van der Waals surface area contributed by atoms with Gasteiger partial charge in [-0.05, 0) is 30.8 Å². The molecule has 3 nitrogen and oxygen atoms in total. The van der Waals surface area contributed by atoms with Gasteiger partial charge in [-0.2, -0.15) is 0 Å². The van der Waals surface area contributed by atoms with E-state index in [1.165, 1.54) is 5.56 Å². The van der Waals surface area contributed by atoms with Crippen LogP contribution < -0.4 is 15.4 Å². The van der Waals surface area contributed by atoms with E-state index in [1.54, 1.807) is 0 Å². The fourth-order valence-corrected chi connectivity index (χ4v) is 2.02. The fraction of sp³-hybridized carbons (Fsp3) is 0.357. The van der Waals surface area contributed by atoms with E-state index in [-0.39, 0.29) is 6.10 Å². The summed E-state index contributed by atoms with van der Waals surface area (Å²) in [6, 6.07) is 8.14. The minimum Gasteiger partial charge on any atom is -0.488 e. The van der Waals surface area contributed by atoms with Gasteiger partial charge in [-0.3, -0.25) is 0 Å². The topological polar surface area (TPSA) is 33.3 Å². The molecule has 1 aliphatic rings. The van der Waals surface area contributed by atoms with E-state index in [1.807, 2.05) is 25.1 Å². The molecule has 2 N–H and O–H groups in total. The molecule has 0 fully saturated rings. The summed E-state index contributed by atoms with van der Waals surface area (Å²) in [5, 5.41) is 6.91. The Bertz CT molecular complexity index is 434. The Morgan fingerprint density at radius 3 is 2.94 bits per heavy atom. The monoisotopic (exact) mass is 262 g/mol. The van der Waals surface area contributed by atoms with Crippen molar-refractivity contribution in [3.63, 3.8) is 0 Å². The maximum absolute atomic E-state index is 5.82. The summed E-state index contributed by atoms with van der Waals surface area (Å²) in [5.74, 6) is 0.991. The van der Waals surface area contributed by atoms with E-state index < -0.39 is 0 Å². The zero-order valence-electron chi connectivity index (χ0n) is 10.5. The third-order valence-corrected chi connectivity index (χ3v) is 3.04. The Morgan fingerprint density at radius 2 is 2.22 bits per heavy atom. The lowest BCUT2D eigenvalue weighted by Crippen LogP contribution is -2.41. The van der Waals surface area contributed by atoms with Crippen molar-refractivity contribution in [3.05, 3.63) is 42.0 Å². The molecule has 0 bridgehead atoms. The van der Waals surface area contributed by atoms with Crippen LogP contribution in [0.25, 0.3) is 0 Å². The average Bonchev–Trinajstić information content (AvgIpc) is 2.76. The number of hydrogen-bond acceptors (Lipinski definition) is 2. The van der Waals surface area contributed by atoms with Gasteiger partial charge in [0.15, 0.2) is 5.11 Å². The van der Waals surface area contributed by atoms with Gasteiger partial charge in [-0.1, -0.05) is 30.4 Å². The highest BCUT2D eigenvalue weighted by atomic mass is 32.1. The van der Waals surface area contributed by atoms with E-state index in [9.17, 15) is 0 Å². The van der Waals surface area contributed by atoms with E-state index in [2.05, 4.69) is 23.3 Å². The molecule has 1 aromatic carbocycles. The molecule has 0 saturated heterocycles. The molecule has 1 atom stereocenters. The second-order valence-electron chi connectivity index (χ2n) is 4.57. The van der Waals surface area contributed by atoms with Crippen LogP contribution in [0.5, 0.6) is 5.75 Å². The first-order valence-corrected chi connectivity index (χ1v) is 6.46. The predicted molar refractivity (Wildman–Crippen MR) is 78.0 cm³/mol. The summed E-state index contributed by atoms with van der Waals surface area (Å²) in [7, 11) is 0. The lowest BCUT2D eigenvalue weighted by Gasteiger charge is -2.14. The molecule has 0 spiro atoms. The highest BCUT2D eigenvalue weighted by Gasteiger charge is 2.21. The van der Waals surface area contributed by atoms with E-state index in [4.69, 9.17) is 17.0 Å². The molecular weight excluding hydrogens is 244 g/mol. The molecule has 4 heteroatoms. The Morgan fingerprint density at radius 1 is 1.44 bits per heavy atom. The molecule has 1 aromatic rings. The molecule has 0 radical (unpaired) electrons. The van der Waals surface area contributed by atoms with Gasteiger partial charge < -0.3 is 15.4 Å². The molecule has 0 amide bonds. The SMILES string of the molecule is C=C(C)CNC(=S)NC[C@H]1Cc2ccccc2O1. The van der Waals surface area contributed by atoms with Crippen molar-refractivity contribution in [1.29, 1.82) is 0 Å². The number of para-hydroxylation sites is 1. The van der Waals surface area contributed by atoms with Crippen LogP contribution >= 0.6 is 12.2 Å². The first-order chi connectivity index (χ1) is 8.65. The molecule has 0 saturated carbocycles. The summed E-state index contributed by atoms with van der Waals surface area (Å²) in [4.78, 5) is 0. The van der Waals surface area contributed by atoms with E-state index >= 15 is 0 Å². The van der Waals surface area contributed by atoms with Gasteiger partial charge in [0.1, 0.15) is 11.9 Å². The van der Waals surface area contributed by atoms with Gasteiger partial charge in [0.05, 0.1) is 6.54 Å². The predicted octanol–water partition coefficient (Wildman–Crippen LogP) is 2.03. The summed E-state index contributed by atoms with van der Waals surface area (Å²) in [5.41, 5.74) is 2.33. The van der Waals surface area contributed by atoms with Crippen LogP contribution in [0.3, 0.4) is 0 Å². The molecule has 0 unspecified atom stereocenters. The van der Waals surface area contributed by atoms with Gasteiger partial charge in [-0.25, -0.2) is 0 Å². The highest BCUT2D eigenvalue weighted by molar-refractivity contribution is 7.80. The quantitative estimate of drug-likeness (QED) is 0.642. The van der Waals surface area contributed by atoms with Crippen LogP contribution in [0.4, 0.5) is 0 Å². The second-order valence-corrected chi connectivity index (χ2v) is 4.98. The molecule has 1 aliphatic heterocycles. The van der Waals surface area contributed by atoms with Crippen molar-refractivity contribution >= 4 is 17.3 Å². The van der Waals surface area contributed by atoms with Crippen molar-refractivity contribution in [2.24, 2.45) is 0 Å². The van der Waals surface area contributed by atoms with Crippen LogP contribution in [0.2, 0.25) is 0 Å². The summed E-state index contributed by atoms with van der Waals surface area (Å²) >= 11 is 5.17. The molecule has 0 aliphatic carbocycles. The number of ether oxygens (including phenoxy) is 1. The molecule has 96 valence electrons. The molecule has 18 heavy (non-hydrogen) atoms. The van der Waals surface area contributed by atoms with Crippen LogP contribution in [-0.4, -0.2) is 24.3 Å². The zero-order chi connectivity index (χ0) is 13.0. The zero-order valence-corrected chi connectivity index (χ0v) is 11.3. The van der Waals surface area contributed by atoms with Crippen molar-refractivity contribution < 1.29 is 4.74 Å². The average molecular weight is 262 g/mol. The Kier molecular flexibility index (Phi) is 4.20. The standard InChI is InChI=1S/C14H18N2OS/c1-10(2)8-15-14(18)16-9-12-7-11-5-3-4-6-13(11)17-12/h3-6,12H,1,7-9H2,2H3,(H2,15,16,18)/t12-/m1/s1. The normalized spacial score (nSPS) is 16.6. The second kappa shape index (κ2) is 5.87. The summed E-state index contributed by atoms with van der Waals surface area (Å²) in [6.45, 7) is 7.21. The van der Waals surface area contributed by atoms with Gasteiger partial charge >= 0.3 is 0 Å². The Balaban J connectivity index is 1.73. The van der Waals surface area contributed by atoms with E-state index in [0.717, 1.165) is 24.3 Å². The lowest BCUT2D eigenvalue weighted by atomic mass is 10.1. The lowest BCUT2D eigenvalue weighted by molar-refractivity contribution is 0.235. The first kappa shape index (κ1) is 12.9. The van der Waals surface area contributed by atoms with Crippen LogP contribution in [0.1, 0.15) is 12.5 Å². The maximum Gasteiger partial charge on any atom is 0.166 e. The minimum absolute atomic E-state index is 0.159. The smallest absolute Gasteiger partial charge is 0.166 e. The Hall–Kier alpha value is -1.55. The number of nitrogens with one attached hydrogen (secondary N) is 2. The van der Waals surface area contributed by atoms with Gasteiger partial charge in [-0.15, -0.1) is 0 Å². The Labute approximate surface area is 113 Å². The third kappa shape index (κ3) is 3.47. The van der Waals surface area contributed by atoms with Crippen LogP contribution in [0.15, 0.2) is 36.4 Å². The first-order valence-electron chi connectivity index (χ1n) is 6.06.